The number of rotatable bonds is 7. The molecule has 1 unspecified atom stereocenters. The summed E-state index contributed by atoms with van der Waals surface area (Å²) in [4.78, 5) is 11.8. The third-order valence-electron chi connectivity index (χ3n) is 9.09. The first-order valence-electron chi connectivity index (χ1n) is 12.9. The quantitative estimate of drug-likeness (QED) is 0.360. The highest BCUT2D eigenvalue weighted by molar-refractivity contribution is 6.99. The number of aldehydes is 1. The van der Waals surface area contributed by atoms with Crippen LogP contribution in [0, 0.1) is 29.1 Å². The van der Waals surface area contributed by atoms with E-state index in [0.29, 0.717) is 17.8 Å². The Morgan fingerprint density at radius 3 is 2.09 bits per heavy atom. The maximum Gasteiger partial charge on any atom is 0.261 e. The van der Waals surface area contributed by atoms with Crippen molar-refractivity contribution in [1.29, 1.82) is 0 Å². The van der Waals surface area contributed by atoms with E-state index in [9.17, 15) is 4.79 Å². The normalized spacial score (nSPS) is 28.8. The SMILES string of the molecule is CC(CO[Si](c1ccccc1)(c1ccccc1)C(C)(C)C)[C@H]1CC[C@H]2[C@H](C=O)CCC[C@]12C. The predicted octanol–water partition coefficient (Wildman–Crippen LogP) is 6.23. The van der Waals surface area contributed by atoms with Gasteiger partial charge in [-0.15, -0.1) is 0 Å². The molecule has 178 valence electrons. The van der Waals surface area contributed by atoms with Crippen LogP contribution in [-0.4, -0.2) is 21.2 Å². The fraction of sp³-hybridized carbons (Fsp3) is 0.567. The molecule has 5 atom stereocenters. The van der Waals surface area contributed by atoms with Gasteiger partial charge in [0.1, 0.15) is 6.29 Å². The average molecular weight is 463 g/mol. The van der Waals surface area contributed by atoms with Gasteiger partial charge in [-0.2, -0.15) is 0 Å². The lowest BCUT2D eigenvalue weighted by Crippen LogP contribution is -2.67. The van der Waals surface area contributed by atoms with Crippen LogP contribution in [0.25, 0.3) is 0 Å². The van der Waals surface area contributed by atoms with Gasteiger partial charge in [0, 0.05) is 12.5 Å². The van der Waals surface area contributed by atoms with Gasteiger partial charge < -0.3 is 9.22 Å². The van der Waals surface area contributed by atoms with Crippen LogP contribution in [0.15, 0.2) is 60.7 Å². The molecule has 2 aliphatic rings. The monoisotopic (exact) mass is 462 g/mol. The maximum atomic E-state index is 11.8. The molecular weight excluding hydrogens is 420 g/mol. The summed E-state index contributed by atoms with van der Waals surface area (Å²) < 4.78 is 7.29. The van der Waals surface area contributed by atoms with Crippen molar-refractivity contribution in [3.63, 3.8) is 0 Å². The van der Waals surface area contributed by atoms with Crippen LogP contribution in [0.4, 0.5) is 0 Å². The highest BCUT2D eigenvalue weighted by Gasteiger charge is 2.54. The van der Waals surface area contributed by atoms with E-state index < -0.39 is 8.32 Å². The van der Waals surface area contributed by atoms with Crippen molar-refractivity contribution >= 4 is 25.0 Å². The first kappa shape index (κ1) is 24.4. The van der Waals surface area contributed by atoms with Gasteiger partial charge in [-0.05, 0) is 64.3 Å². The first-order valence-corrected chi connectivity index (χ1v) is 14.8. The third-order valence-corrected chi connectivity index (χ3v) is 14.1. The lowest BCUT2D eigenvalue weighted by molar-refractivity contribution is -0.116. The summed E-state index contributed by atoms with van der Waals surface area (Å²) in [6, 6.07) is 21.9. The molecule has 0 spiro atoms. The summed E-state index contributed by atoms with van der Waals surface area (Å²) in [6.45, 7) is 12.7. The number of hydrogen-bond acceptors (Lipinski definition) is 2. The van der Waals surface area contributed by atoms with E-state index >= 15 is 0 Å². The van der Waals surface area contributed by atoms with Crippen molar-refractivity contribution in [3.8, 4) is 0 Å². The molecule has 2 nitrogen and oxygen atoms in total. The van der Waals surface area contributed by atoms with Gasteiger partial charge in [-0.3, -0.25) is 0 Å². The summed E-state index contributed by atoms with van der Waals surface area (Å²) in [6.07, 6.45) is 7.23. The summed E-state index contributed by atoms with van der Waals surface area (Å²) in [5.41, 5.74) is 0.276. The molecule has 4 rings (SSSR count). The maximum absolute atomic E-state index is 11.8. The average Bonchev–Trinajstić information content (AvgIpc) is 3.17. The zero-order chi connectivity index (χ0) is 23.7. The molecule has 0 bridgehead atoms. The van der Waals surface area contributed by atoms with Crippen molar-refractivity contribution in [2.45, 2.75) is 71.8 Å². The standard InChI is InChI=1S/C30H42O2Si/c1-23(27-18-19-28-24(21-31)13-12-20-30(27,28)5)22-32-33(29(2,3)4,25-14-8-6-9-15-25)26-16-10-7-11-17-26/h6-11,14-17,21,23-24,27-28H,12-13,18-20,22H2,1-5H3/t23?,24-,27+,28-,30+/m0/s1. The van der Waals surface area contributed by atoms with E-state index in [4.69, 9.17) is 4.43 Å². The predicted molar refractivity (Wildman–Crippen MR) is 140 cm³/mol. The number of hydrogen-bond donors (Lipinski definition) is 0. The second-order valence-corrected chi connectivity index (χ2v) is 16.2. The molecule has 0 heterocycles. The Morgan fingerprint density at radius 1 is 1.00 bits per heavy atom. The third kappa shape index (κ3) is 4.28. The van der Waals surface area contributed by atoms with Gasteiger partial charge in [0.25, 0.3) is 8.32 Å². The minimum absolute atomic E-state index is 0.00495. The van der Waals surface area contributed by atoms with Crippen molar-refractivity contribution in [2.75, 3.05) is 6.61 Å². The summed E-state index contributed by atoms with van der Waals surface area (Å²) in [5, 5.41) is 2.71. The van der Waals surface area contributed by atoms with Gasteiger partial charge in [0.05, 0.1) is 0 Å². The molecule has 0 N–H and O–H groups in total. The Bertz CT molecular complexity index is 880. The molecule has 0 aromatic heterocycles. The van der Waals surface area contributed by atoms with E-state index in [-0.39, 0.29) is 16.4 Å². The van der Waals surface area contributed by atoms with Gasteiger partial charge in [-0.25, -0.2) is 0 Å². The molecule has 2 aromatic rings. The minimum atomic E-state index is -2.51. The molecule has 0 saturated heterocycles. The first-order chi connectivity index (χ1) is 15.7. The zero-order valence-corrected chi connectivity index (χ0v) is 22.2. The van der Waals surface area contributed by atoms with E-state index in [1.54, 1.807) is 0 Å². The molecule has 0 amide bonds. The van der Waals surface area contributed by atoms with Crippen LogP contribution >= 0.6 is 0 Å². The Balaban J connectivity index is 1.65. The topological polar surface area (TPSA) is 26.3 Å². The summed E-state index contributed by atoms with van der Waals surface area (Å²) in [5.74, 6) is 1.93. The van der Waals surface area contributed by atoms with Crippen LogP contribution in [0.1, 0.15) is 66.7 Å². The van der Waals surface area contributed by atoms with Crippen molar-refractivity contribution in [2.24, 2.45) is 29.1 Å². The van der Waals surface area contributed by atoms with Crippen LogP contribution in [-0.2, 0) is 9.22 Å². The van der Waals surface area contributed by atoms with Gasteiger partial charge >= 0.3 is 0 Å². The zero-order valence-electron chi connectivity index (χ0n) is 21.2. The molecule has 2 fully saturated rings. The number of benzene rings is 2. The Kier molecular flexibility index (Phi) is 7.03. The molecule has 2 saturated carbocycles. The highest BCUT2D eigenvalue weighted by atomic mass is 28.4. The molecule has 0 aliphatic heterocycles. The van der Waals surface area contributed by atoms with Gasteiger partial charge in [-0.1, -0.05) is 102 Å². The van der Waals surface area contributed by atoms with E-state index in [2.05, 4.69) is 95.3 Å². The lowest BCUT2D eigenvalue weighted by Gasteiger charge is -2.47. The van der Waals surface area contributed by atoms with Crippen molar-refractivity contribution in [1.82, 2.24) is 0 Å². The van der Waals surface area contributed by atoms with Gasteiger partial charge in [0.15, 0.2) is 0 Å². The van der Waals surface area contributed by atoms with E-state index in [1.165, 1.54) is 42.3 Å². The molecule has 2 aromatic carbocycles. The minimum Gasteiger partial charge on any atom is -0.407 e. The number of carbonyl (C=O) groups is 1. The molecule has 3 heteroatoms. The second kappa shape index (κ2) is 9.50. The number of fused-ring (bicyclic) bond motifs is 1. The van der Waals surface area contributed by atoms with Crippen LogP contribution in [0.2, 0.25) is 5.04 Å². The van der Waals surface area contributed by atoms with Crippen LogP contribution < -0.4 is 10.4 Å². The lowest BCUT2D eigenvalue weighted by atomic mass is 9.60. The highest BCUT2D eigenvalue weighted by Crippen LogP contribution is 2.59. The molecule has 33 heavy (non-hydrogen) atoms. The van der Waals surface area contributed by atoms with Gasteiger partial charge in [0.2, 0.25) is 0 Å². The van der Waals surface area contributed by atoms with Crippen LogP contribution in [0.5, 0.6) is 0 Å². The molecule has 0 radical (unpaired) electrons. The van der Waals surface area contributed by atoms with Crippen LogP contribution in [0.3, 0.4) is 0 Å². The molecule has 2 aliphatic carbocycles. The van der Waals surface area contributed by atoms with E-state index in [1.807, 2.05) is 0 Å². The Labute approximate surface area is 202 Å². The fourth-order valence-corrected chi connectivity index (χ4v) is 12.2. The Hall–Kier alpha value is -1.71. The van der Waals surface area contributed by atoms with E-state index in [0.717, 1.165) is 13.0 Å². The largest absolute Gasteiger partial charge is 0.407 e. The second-order valence-electron chi connectivity index (χ2n) is 11.9. The fourth-order valence-electron chi connectivity index (χ4n) is 7.52. The summed E-state index contributed by atoms with van der Waals surface area (Å²) in [7, 11) is -2.51. The summed E-state index contributed by atoms with van der Waals surface area (Å²) >= 11 is 0. The number of carbonyl (C=O) groups excluding carboxylic acids is 1. The van der Waals surface area contributed by atoms with Crippen molar-refractivity contribution in [3.05, 3.63) is 60.7 Å². The smallest absolute Gasteiger partial charge is 0.261 e. The molecular formula is C30H42O2Si. The van der Waals surface area contributed by atoms with Crippen molar-refractivity contribution < 1.29 is 9.22 Å². The Morgan fingerprint density at radius 2 is 1.58 bits per heavy atom.